The molecule has 2 aromatic carbocycles. The van der Waals surface area contributed by atoms with Gasteiger partial charge in [0.05, 0.1) is 20.8 Å². The predicted octanol–water partition coefficient (Wildman–Crippen LogP) is 4.24. The number of hydrogen-bond acceptors (Lipinski definition) is 3. The number of hydrogen-bond donors (Lipinski definition) is 1. The molecular formula is C15H10ClNO2S. The van der Waals surface area contributed by atoms with E-state index in [1.54, 1.807) is 23.5 Å². The molecule has 1 heterocycles. The number of carbonyl (C=O) groups is 1. The van der Waals surface area contributed by atoms with Gasteiger partial charge in [-0.25, -0.2) is 9.78 Å². The molecule has 0 spiro atoms. The Hall–Kier alpha value is -1.91. The van der Waals surface area contributed by atoms with E-state index in [1.165, 1.54) is 6.07 Å². The standard InChI is InChI=1S/C15H10ClNO2S/c16-11-7-10(15(18)19)6-5-9(11)8-14-17-12-3-1-2-4-13(12)20-14/h1-7H,8H2,(H,18,19). The molecule has 100 valence electrons. The van der Waals surface area contributed by atoms with E-state index in [-0.39, 0.29) is 5.56 Å². The van der Waals surface area contributed by atoms with Crippen molar-refractivity contribution in [3.8, 4) is 0 Å². The minimum atomic E-state index is -0.974. The lowest BCUT2D eigenvalue weighted by Crippen LogP contribution is -1.97. The maximum absolute atomic E-state index is 10.9. The zero-order valence-electron chi connectivity index (χ0n) is 10.3. The van der Waals surface area contributed by atoms with Gasteiger partial charge in [0, 0.05) is 11.4 Å². The van der Waals surface area contributed by atoms with Gasteiger partial charge in [-0.15, -0.1) is 11.3 Å². The van der Waals surface area contributed by atoms with Gasteiger partial charge in [0.1, 0.15) is 0 Å². The van der Waals surface area contributed by atoms with Crippen LogP contribution in [0.4, 0.5) is 0 Å². The molecule has 0 unspecified atom stereocenters. The summed E-state index contributed by atoms with van der Waals surface area (Å²) in [6.07, 6.45) is 0.609. The van der Waals surface area contributed by atoms with E-state index < -0.39 is 5.97 Å². The zero-order chi connectivity index (χ0) is 14.1. The predicted molar refractivity (Wildman–Crippen MR) is 80.8 cm³/mol. The summed E-state index contributed by atoms with van der Waals surface area (Å²) in [5.74, 6) is -0.974. The van der Waals surface area contributed by atoms with Crippen LogP contribution in [-0.2, 0) is 6.42 Å². The SMILES string of the molecule is O=C(O)c1ccc(Cc2nc3ccccc3s2)c(Cl)c1. The van der Waals surface area contributed by atoms with Crippen molar-refractivity contribution in [2.45, 2.75) is 6.42 Å². The minimum Gasteiger partial charge on any atom is -0.478 e. The number of carboxylic acid groups (broad SMARTS) is 1. The molecular weight excluding hydrogens is 294 g/mol. The van der Waals surface area contributed by atoms with Crippen LogP contribution in [0.5, 0.6) is 0 Å². The minimum absolute atomic E-state index is 0.197. The number of para-hydroxylation sites is 1. The number of carboxylic acids is 1. The van der Waals surface area contributed by atoms with Gasteiger partial charge >= 0.3 is 5.97 Å². The molecule has 0 saturated heterocycles. The Morgan fingerprint density at radius 3 is 2.75 bits per heavy atom. The number of thiazole rings is 1. The molecule has 0 aliphatic carbocycles. The van der Waals surface area contributed by atoms with Crippen LogP contribution in [0.25, 0.3) is 10.2 Å². The number of fused-ring (bicyclic) bond motifs is 1. The highest BCUT2D eigenvalue weighted by Crippen LogP contribution is 2.26. The molecule has 0 atom stereocenters. The van der Waals surface area contributed by atoms with Crippen LogP contribution in [0.2, 0.25) is 5.02 Å². The Kier molecular flexibility index (Phi) is 3.42. The molecule has 0 fully saturated rings. The first-order chi connectivity index (χ1) is 9.63. The second kappa shape index (κ2) is 5.23. The molecule has 0 aliphatic heterocycles. The van der Waals surface area contributed by atoms with Crippen molar-refractivity contribution in [3.63, 3.8) is 0 Å². The van der Waals surface area contributed by atoms with E-state index in [0.29, 0.717) is 11.4 Å². The number of rotatable bonds is 3. The summed E-state index contributed by atoms with van der Waals surface area (Å²) in [5, 5.41) is 10.3. The van der Waals surface area contributed by atoms with Gasteiger partial charge in [0.25, 0.3) is 0 Å². The number of benzene rings is 2. The van der Waals surface area contributed by atoms with Crippen molar-refractivity contribution in [1.82, 2.24) is 4.98 Å². The lowest BCUT2D eigenvalue weighted by molar-refractivity contribution is 0.0697. The Labute approximate surface area is 124 Å². The first-order valence-electron chi connectivity index (χ1n) is 5.99. The molecule has 0 amide bonds. The maximum atomic E-state index is 10.9. The molecule has 1 N–H and O–H groups in total. The number of halogens is 1. The van der Waals surface area contributed by atoms with Gasteiger partial charge in [-0.05, 0) is 29.8 Å². The number of aromatic nitrogens is 1. The fourth-order valence-corrected chi connectivity index (χ4v) is 3.22. The summed E-state index contributed by atoms with van der Waals surface area (Å²) in [5.41, 5.74) is 2.06. The first-order valence-corrected chi connectivity index (χ1v) is 7.19. The van der Waals surface area contributed by atoms with Gasteiger partial charge in [0.15, 0.2) is 0 Å². The molecule has 20 heavy (non-hydrogen) atoms. The van der Waals surface area contributed by atoms with Gasteiger partial charge in [0.2, 0.25) is 0 Å². The van der Waals surface area contributed by atoms with Crippen LogP contribution in [0.1, 0.15) is 20.9 Å². The van der Waals surface area contributed by atoms with Crippen LogP contribution in [-0.4, -0.2) is 16.1 Å². The number of nitrogens with zero attached hydrogens (tertiary/aromatic N) is 1. The topological polar surface area (TPSA) is 50.2 Å². The Balaban J connectivity index is 1.92. The van der Waals surface area contributed by atoms with E-state index in [2.05, 4.69) is 4.98 Å². The maximum Gasteiger partial charge on any atom is 0.335 e. The molecule has 3 aromatic rings. The van der Waals surface area contributed by atoms with Crippen LogP contribution >= 0.6 is 22.9 Å². The Bertz CT molecular complexity index is 764. The van der Waals surface area contributed by atoms with E-state index in [9.17, 15) is 4.79 Å². The number of aromatic carboxylic acids is 1. The Morgan fingerprint density at radius 2 is 2.05 bits per heavy atom. The monoisotopic (exact) mass is 303 g/mol. The fourth-order valence-electron chi connectivity index (χ4n) is 1.98. The van der Waals surface area contributed by atoms with Crippen molar-refractivity contribution in [3.05, 3.63) is 63.6 Å². The lowest BCUT2D eigenvalue weighted by Gasteiger charge is -2.03. The summed E-state index contributed by atoms with van der Waals surface area (Å²) < 4.78 is 1.14. The molecule has 0 bridgehead atoms. The van der Waals surface area contributed by atoms with Crippen LogP contribution in [0.15, 0.2) is 42.5 Å². The van der Waals surface area contributed by atoms with Crippen molar-refractivity contribution in [1.29, 1.82) is 0 Å². The van der Waals surface area contributed by atoms with E-state index in [0.717, 1.165) is 20.8 Å². The molecule has 0 saturated carbocycles. The summed E-state index contributed by atoms with van der Waals surface area (Å²) in [4.78, 5) is 15.4. The molecule has 1 aromatic heterocycles. The quantitative estimate of drug-likeness (QED) is 0.787. The van der Waals surface area contributed by atoms with Gasteiger partial charge < -0.3 is 5.11 Å². The average Bonchev–Trinajstić information content (AvgIpc) is 2.83. The van der Waals surface area contributed by atoms with Crippen molar-refractivity contribution in [2.24, 2.45) is 0 Å². The summed E-state index contributed by atoms with van der Waals surface area (Å²) in [6.45, 7) is 0. The summed E-state index contributed by atoms with van der Waals surface area (Å²) >= 11 is 7.76. The summed E-state index contributed by atoms with van der Waals surface area (Å²) in [7, 11) is 0. The van der Waals surface area contributed by atoms with Gasteiger partial charge in [-0.2, -0.15) is 0 Å². The van der Waals surface area contributed by atoms with Gasteiger partial charge in [-0.1, -0.05) is 29.8 Å². The van der Waals surface area contributed by atoms with Gasteiger partial charge in [-0.3, -0.25) is 0 Å². The first kappa shape index (κ1) is 13.1. The third-order valence-corrected chi connectivity index (χ3v) is 4.37. The highest BCUT2D eigenvalue weighted by atomic mass is 35.5. The van der Waals surface area contributed by atoms with E-state index in [1.807, 2.05) is 24.3 Å². The summed E-state index contributed by atoms with van der Waals surface area (Å²) in [6, 6.07) is 12.7. The molecule has 0 aliphatic rings. The third kappa shape index (κ3) is 2.53. The normalized spacial score (nSPS) is 10.8. The van der Waals surface area contributed by atoms with Crippen molar-refractivity contribution in [2.75, 3.05) is 0 Å². The lowest BCUT2D eigenvalue weighted by atomic mass is 10.1. The zero-order valence-corrected chi connectivity index (χ0v) is 11.9. The Morgan fingerprint density at radius 1 is 1.25 bits per heavy atom. The van der Waals surface area contributed by atoms with E-state index in [4.69, 9.17) is 16.7 Å². The molecule has 3 rings (SSSR count). The largest absolute Gasteiger partial charge is 0.478 e. The smallest absolute Gasteiger partial charge is 0.335 e. The third-order valence-electron chi connectivity index (χ3n) is 2.98. The van der Waals surface area contributed by atoms with E-state index >= 15 is 0 Å². The highest BCUT2D eigenvalue weighted by Gasteiger charge is 2.10. The molecule has 3 nitrogen and oxygen atoms in total. The van der Waals surface area contributed by atoms with Crippen LogP contribution in [0.3, 0.4) is 0 Å². The van der Waals surface area contributed by atoms with Crippen molar-refractivity contribution >= 4 is 39.1 Å². The van der Waals surface area contributed by atoms with Crippen LogP contribution < -0.4 is 0 Å². The molecule has 0 radical (unpaired) electrons. The fraction of sp³-hybridized carbons (Fsp3) is 0.0667. The molecule has 5 heteroatoms. The second-order valence-corrected chi connectivity index (χ2v) is 5.89. The second-order valence-electron chi connectivity index (χ2n) is 4.36. The highest BCUT2D eigenvalue weighted by molar-refractivity contribution is 7.18. The van der Waals surface area contributed by atoms with Crippen molar-refractivity contribution < 1.29 is 9.90 Å². The van der Waals surface area contributed by atoms with Crippen LogP contribution in [0, 0.1) is 0 Å². The average molecular weight is 304 g/mol.